The van der Waals surface area contributed by atoms with Crippen LogP contribution >= 0.6 is 0 Å². The Kier molecular flexibility index (Phi) is 6.70. The molecule has 0 aliphatic carbocycles. The van der Waals surface area contributed by atoms with E-state index in [4.69, 9.17) is 4.74 Å². The van der Waals surface area contributed by atoms with E-state index in [1.807, 2.05) is 4.90 Å². The third kappa shape index (κ3) is 5.90. The van der Waals surface area contributed by atoms with E-state index in [2.05, 4.69) is 15.3 Å². The number of carbonyl (C=O) groups excluding carboxylic acids is 3. The van der Waals surface area contributed by atoms with Crippen molar-refractivity contribution in [3.8, 4) is 0 Å². The number of piperazine rings is 1. The molecule has 0 aromatic carbocycles. The van der Waals surface area contributed by atoms with Crippen LogP contribution in [-0.4, -0.2) is 71.5 Å². The minimum atomic E-state index is -0.809. The molecule has 0 bridgehead atoms. The van der Waals surface area contributed by atoms with E-state index in [-0.39, 0.29) is 18.4 Å². The fraction of sp³-hybridized carbons (Fsp3) is 0.611. The summed E-state index contributed by atoms with van der Waals surface area (Å²) in [5.74, 6) is -0.499. The largest absolute Gasteiger partial charge is 0.454 e. The molecule has 1 aromatic rings. The number of nitrogens with one attached hydrogen (secondary N) is 1. The Bertz CT molecular complexity index is 666. The topological polar surface area (TPSA) is 105 Å². The first-order valence-corrected chi connectivity index (χ1v) is 8.96. The number of hydrogen-bond acceptors (Lipinski definition) is 7. The molecule has 0 spiro atoms. The molecule has 1 N–H and O–H groups in total. The molecule has 1 aliphatic rings. The zero-order valence-electron chi connectivity index (χ0n) is 16.3. The standard InChI is InChI=1S/C18H27N5O4/c1-13(21-16(26)18(2,3)4)15(25)27-12-14(24)22-8-10-23(11-9-22)17-19-6-5-7-20-17/h5-7,13H,8-12H2,1-4H3,(H,21,26)/t13-/m1/s1. The first-order valence-electron chi connectivity index (χ1n) is 8.96. The Morgan fingerprint density at radius 2 is 1.74 bits per heavy atom. The van der Waals surface area contributed by atoms with Gasteiger partial charge >= 0.3 is 5.97 Å². The molecular formula is C18H27N5O4. The molecule has 1 aliphatic heterocycles. The maximum absolute atomic E-state index is 12.3. The van der Waals surface area contributed by atoms with Gasteiger partial charge in [0, 0.05) is 44.0 Å². The lowest BCUT2D eigenvalue weighted by atomic mass is 9.95. The van der Waals surface area contributed by atoms with Crippen molar-refractivity contribution in [2.75, 3.05) is 37.7 Å². The molecule has 1 aromatic heterocycles. The average Bonchev–Trinajstić information content (AvgIpc) is 2.65. The predicted molar refractivity (Wildman–Crippen MR) is 98.8 cm³/mol. The van der Waals surface area contributed by atoms with E-state index in [0.29, 0.717) is 32.1 Å². The minimum absolute atomic E-state index is 0.252. The normalized spacial score (nSPS) is 15.9. The first kappa shape index (κ1) is 20.6. The molecule has 148 valence electrons. The van der Waals surface area contributed by atoms with Gasteiger partial charge in [-0.2, -0.15) is 0 Å². The summed E-state index contributed by atoms with van der Waals surface area (Å²) in [6, 6.07) is 0.944. The van der Waals surface area contributed by atoms with Crippen LogP contribution in [0.4, 0.5) is 5.95 Å². The van der Waals surface area contributed by atoms with Gasteiger partial charge in [-0.05, 0) is 13.0 Å². The number of rotatable bonds is 5. The minimum Gasteiger partial charge on any atom is -0.454 e. The number of aromatic nitrogens is 2. The monoisotopic (exact) mass is 377 g/mol. The molecule has 27 heavy (non-hydrogen) atoms. The van der Waals surface area contributed by atoms with Crippen molar-refractivity contribution in [3.05, 3.63) is 18.5 Å². The highest BCUT2D eigenvalue weighted by Gasteiger charge is 2.27. The van der Waals surface area contributed by atoms with Gasteiger partial charge in [-0.25, -0.2) is 14.8 Å². The summed E-state index contributed by atoms with van der Waals surface area (Å²) >= 11 is 0. The highest BCUT2D eigenvalue weighted by Crippen LogP contribution is 2.13. The van der Waals surface area contributed by atoms with Gasteiger partial charge in [0.15, 0.2) is 6.61 Å². The molecule has 0 saturated carbocycles. The Morgan fingerprint density at radius 1 is 1.15 bits per heavy atom. The third-order valence-corrected chi connectivity index (χ3v) is 4.19. The summed E-state index contributed by atoms with van der Waals surface area (Å²) in [5.41, 5.74) is -0.605. The lowest BCUT2D eigenvalue weighted by molar-refractivity contribution is -0.154. The average molecular weight is 377 g/mol. The van der Waals surface area contributed by atoms with E-state index in [1.54, 1.807) is 44.1 Å². The molecule has 9 heteroatoms. The van der Waals surface area contributed by atoms with Crippen LogP contribution < -0.4 is 10.2 Å². The SMILES string of the molecule is C[C@@H](NC(=O)C(C)(C)C)C(=O)OCC(=O)N1CCN(c2ncccn2)CC1. The van der Waals surface area contributed by atoms with Crippen molar-refractivity contribution in [1.29, 1.82) is 0 Å². The Hall–Kier alpha value is -2.71. The van der Waals surface area contributed by atoms with Crippen molar-refractivity contribution in [2.45, 2.75) is 33.7 Å². The Morgan fingerprint density at radius 3 is 2.30 bits per heavy atom. The number of carbonyl (C=O) groups is 3. The fourth-order valence-corrected chi connectivity index (χ4v) is 2.43. The number of nitrogens with zero attached hydrogens (tertiary/aromatic N) is 4. The van der Waals surface area contributed by atoms with Crippen LogP contribution in [-0.2, 0) is 19.1 Å². The molecule has 2 heterocycles. The lowest BCUT2D eigenvalue weighted by Gasteiger charge is -2.34. The molecule has 0 radical (unpaired) electrons. The van der Waals surface area contributed by atoms with Gasteiger partial charge in [0.05, 0.1) is 0 Å². The van der Waals surface area contributed by atoms with Crippen LogP contribution in [0, 0.1) is 5.41 Å². The molecule has 0 unspecified atom stereocenters. The maximum Gasteiger partial charge on any atom is 0.328 e. The molecule has 1 saturated heterocycles. The van der Waals surface area contributed by atoms with Gasteiger partial charge in [0.25, 0.3) is 5.91 Å². The number of anilines is 1. The van der Waals surface area contributed by atoms with E-state index in [0.717, 1.165) is 0 Å². The van der Waals surface area contributed by atoms with Crippen molar-refractivity contribution in [3.63, 3.8) is 0 Å². The zero-order valence-corrected chi connectivity index (χ0v) is 16.3. The Balaban J connectivity index is 1.74. The molecule has 1 atom stereocenters. The van der Waals surface area contributed by atoms with Gasteiger partial charge in [0.2, 0.25) is 11.9 Å². The summed E-state index contributed by atoms with van der Waals surface area (Å²) in [6.07, 6.45) is 3.36. The summed E-state index contributed by atoms with van der Waals surface area (Å²) in [7, 11) is 0. The zero-order chi connectivity index (χ0) is 20.0. The highest BCUT2D eigenvalue weighted by atomic mass is 16.5. The van der Waals surface area contributed by atoms with Crippen molar-refractivity contribution < 1.29 is 19.1 Å². The number of amides is 2. The molecule has 9 nitrogen and oxygen atoms in total. The van der Waals surface area contributed by atoms with Crippen LogP contribution in [0.2, 0.25) is 0 Å². The van der Waals surface area contributed by atoms with Gasteiger partial charge in [-0.1, -0.05) is 20.8 Å². The summed E-state index contributed by atoms with van der Waals surface area (Å²) in [5, 5.41) is 2.59. The molecule has 2 rings (SSSR count). The van der Waals surface area contributed by atoms with Crippen molar-refractivity contribution in [1.82, 2.24) is 20.2 Å². The van der Waals surface area contributed by atoms with Crippen molar-refractivity contribution >= 4 is 23.7 Å². The quantitative estimate of drug-likeness (QED) is 0.732. The second-order valence-corrected chi connectivity index (χ2v) is 7.47. The summed E-state index contributed by atoms with van der Waals surface area (Å²) < 4.78 is 5.06. The number of ether oxygens (including phenoxy) is 1. The van der Waals surface area contributed by atoms with Gasteiger partial charge in [0.1, 0.15) is 6.04 Å². The fourth-order valence-electron chi connectivity index (χ4n) is 2.43. The smallest absolute Gasteiger partial charge is 0.328 e. The van der Waals surface area contributed by atoms with Gasteiger partial charge < -0.3 is 19.9 Å². The third-order valence-electron chi connectivity index (χ3n) is 4.19. The van der Waals surface area contributed by atoms with E-state index in [1.165, 1.54) is 6.92 Å². The lowest BCUT2D eigenvalue weighted by Crippen LogP contribution is -2.51. The van der Waals surface area contributed by atoms with Crippen LogP contribution in [0.15, 0.2) is 18.5 Å². The first-order chi connectivity index (χ1) is 12.7. The molecule has 2 amide bonds. The molecule has 1 fully saturated rings. The predicted octanol–water partition coefficient (Wildman–Crippen LogP) is 0.219. The highest BCUT2D eigenvalue weighted by molar-refractivity contribution is 5.88. The van der Waals surface area contributed by atoms with Crippen LogP contribution in [0.3, 0.4) is 0 Å². The van der Waals surface area contributed by atoms with Gasteiger partial charge in [-0.15, -0.1) is 0 Å². The number of esters is 1. The van der Waals surface area contributed by atoms with Crippen LogP contribution in [0.5, 0.6) is 0 Å². The summed E-state index contributed by atoms with van der Waals surface area (Å²) in [4.78, 5) is 48.2. The van der Waals surface area contributed by atoms with E-state index in [9.17, 15) is 14.4 Å². The van der Waals surface area contributed by atoms with Crippen LogP contribution in [0.25, 0.3) is 0 Å². The second-order valence-electron chi connectivity index (χ2n) is 7.47. The number of hydrogen-bond donors (Lipinski definition) is 1. The maximum atomic E-state index is 12.3. The van der Waals surface area contributed by atoms with E-state index >= 15 is 0 Å². The molecular weight excluding hydrogens is 350 g/mol. The summed E-state index contributed by atoms with van der Waals surface area (Å²) in [6.45, 7) is 8.70. The van der Waals surface area contributed by atoms with Crippen molar-refractivity contribution in [2.24, 2.45) is 5.41 Å². The second kappa shape index (κ2) is 8.79. The van der Waals surface area contributed by atoms with E-state index < -0.39 is 17.4 Å². The Labute approximate surface area is 159 Å². The van der Waals surface area contributed by atoms with Crippen LogP contribution in [0.1, 0.15) is 27.7 Å². The van der Waals surface area contributed by atoms with Gasteiger partial charge in [-0.3, -0.25) is 9.59 Å².